The van der Waals surface area contributed by atoms with E-state index >= 15 is 0 Å². The van der Waals surface area contributed by atoms with Gasteiger partial charge in [0.1, 0.15) is 18.1 Å². The van der Waals surface area contributed by atoms with Crippen molar-refractivity contribution in [2.75, 3.05) is 6.54 Å². The van der Waals surface area contributed by atoms with Crippen LogP contribution in [0.2, 0.25) is 0 Å². The summed E-state index contributed by atoms with van der Waals surface area (Å²) in [5.74, 6) is -5.10. The van der Waals surface area contributed by atoms with Crippen molar-refractivity contribution >= 4 is 35.6 Å². The first-order valence-electron chi connectivity index (χ1n) is 11.9. The van der Waals surface area contributed by atoms with E-state index in [9.17, 15) is 33.9 Å². The summed E-state index contributed by atoms with van der Waals surface area (Å²) >= 11 is 0. The van der Waals surface area contributed by atoms with Gasteiger partial charge in [0.15, 0.2) is 0 Å². The molecule has 4 atom stereocenters. The summed E-state index contributed by atoms with van der Waals surface area (Å²) in [5, 5.41) is 23.2. The van der Waals surface area contributed by atoms with Gasteiger partial charge in [-0.05, 0) is 31.2 Å². The molecule has 1 fully saturated rings. The van der Waals surface area contributed by atoms with Crippen molar-refractivity contribution in [3.05, 3.63) is 35.9 Å². The van der Waals surface area contributed by atoms with Gasteiger partial charge in [-0.15, -0.1) is 0 Å². The summed E-state index contributed by atoms with van der Waals surface area (Å²) in [6.45, 7) is 0.210. The molecule has 1 aromatic rings. The van der Waals surface area contributed by atoms with E-state index in [1.807, 2.05) is 0 Å². The number of carboxylic acid groups (broad SMARTS) is 2. The van der Waals surface area contributed by atoms with Crippen LogP contribution in [0.1, 0.15) is 44.1 Å². The molecule has 0 aromatic heterocycles. The van der Waals surface area contributed by atoms with Crippen LogP contribution in [0.4, 0.5) is 0 Å². The fourth-order valence-corrected chi connectivity index (χ4v) is 4.05. The Balaban J connectivity index is 2.18. The molecule has 8 N–H and O–H groups in total. The number of nitrogens with one attached hydrogen (secondary N) is 2. The van der Waals surface area contributed by atoms with Gasteiger partial charge in [-0.2, -0.15) is 0 Å². The van der Waals surface area contributed by atoms with E-state index < -0.39 is 59.7 Å². The fraction of sp³-hybridized carbons (Fsp3) is 0.500. The number of hydrogen-bond acceptors (Lipinski definition) is 7. The van der Waals surface area contributed by atoms with Gasteiger partial charge in [-0.1, -0.05) is 30.3 Å². The summed E-state index contributed by atoms with van der Waals surface area (Å²) in [6.07, 6.45) is -0.0181. The highest BCUT2D eigenvalue weighted by Gasteiger charge is 2.39. The summed E-state index contributed by atoms with van der Waals surface area (Å²) in [5.41, 5.74) is 11.6. The number of carbonyl (C=O) groups excluding carboxylic acids is 4. The van der Waals surface area contributed by atoms with Crippen molar-refractivity contribution in [2.24, 2.45) is 11.5 Å². The molecule has 13 nitrogen and oxygen atoms in total. The van der Waals surface area contributed by atoms with E-state index in [0.29, 0.717) is 6.42 Å². The predicted molar refractivity (Wildman–Crippen MR) is 130 cm³/mol. The van der Waals surface area contributed by atoms with E-state index in [1.165, 1.54) is 4.90 Å². The van der Waals surface area contributed by atoms with E-state index in [2.05, 4.69) is 10.6 Å². The zero-order valence-corrected chi connectivity index (χ0v) is 20.3. The minimum Gasteiger partial charge on any atom is -0.481 e. The number of rotatable bonds is 14. The minimum absolute atomic E-state index is 0.0955. The quantitative estimate of drug-likeness (QED) is 0.172. The van der Waals surface area contributed by atoms with Gasteiger partial charge in [0.2, 0.25) is 23.6 Å². The number of carboxylic acids is 2. The van der Waals surface area contributed by atoms with Gasteiger partial charge >= 0.3 is 11.9 Å². The number of likely N-dealkylation sites (tertiary alicyclic amines) is 1. The Kier molecular flexibility index (Phi) is 11.0. The molecule has 1 saturated heterocycles. The molecule has 0 spiro atoms. The van der Waals surface area contributed by atoms with Crippen molar-refractivity contribution in [1.82, 2.24) is 15.5 Å². The van der Waals surface area contributed by atoms with Crippen molar-refractivity contribution in [3.63, 3.8) is 0 Å². The lowest BCUT2D eigenvalue weighted by atomic mass is 10.0. The predicted octanol–water partition coefficient (Wildman–Crippen LogP) is -1.27. The molecular weight excluding hydrogens is 486 g/mol. The molecular formula is C24H33N5O8. The maximum Gasteiger partial charge on any atom is 0.326 e. The number of nitrogens with zero attached hydrogens (tertiary/aromatic N) is 1. The average molecular weight is 520 g/mol. The standard InChI is InChI=1S/C24H33N5O8/c25-15(8-11-20(31)32)21(33)28-17(13-14-5-2-1-3-6-14)23(35)29-12-4-7-18(29)22(34)27-16(24(36)37)9-10-19(26)30/h1-3,5-6,15-18H,4,7-13,25H2,(H2,26,30)(H,27,34)(H,28,33)(H,31,32)(H,36,37). The smallest absolute Gasteiger partial charge is 0.326 e. The van der Waals surface area contributed by atoms with Gasteiger partial charge in [-0.25, -0.2) is 4.79 Å². The average Bonchev–Trinajstić information content (AvgIpc) is 3.34. The number of amides is 4. The Morgan fingerprint density at radius 2 is 1.65 bits per heavy atom. The Labute approximate surface area is 213 Å². The molecule has 13 heteroatoms. The third-order valence-electron chi connectivity index (χ3n) is 6.04. The number of primary amides is 1. The van der Waals surface area contributed by atoms with E-state index in [0.717, 1.165) is 5.56 Å². The largest absolute Gasteiger partial charge is 0.481 e. The Morgan fingerprint density at radius 1 is 0.973 bits per heavy atom. The first kappa shape index (κ1) is 29.2. The van der Waals surface area contributed by atoms with Crippen molar-refractivity contribution in [3.8, 4) is 0 Å². The molecule has 0 bridgehead atoms. The van der Waals surface area contributed by atoms with Crippen LogP contribution in [0.25, 0.3) is 0 Å². The van der Waals surface area contributed by atoms with Crippen LogP contribution in [-0.4, -0.2) is 81.4 Å². The molecule has 4 amide bonds. The molecule has 4 unspecified atom stereocenters. The van der Waals surface area contributed by atoms with E-state index in [1.54, 1.807) is 30.3 Å². The molecule has 37 heavy (non-hydrogen) atoms. The van der Waals surface area contributed by atoms with Gasteiger partial charge in [0.05, 0.1) is 6.04 Å². The fourth-order valence-electron chi connectivity index (χ4n) is 4.05. The summed E-state index contributed by atoms with van der Waals surface area (Å²) in [6, 6.07) is 4.28. The third kappa shape index (κ3) is 9.18. The third-order valence-corrected chi connectivity index (χ3v) is 6.04. The van der Waals surface area contributed by atoms with Crippen molar-refractivity contribution in [2.45, 2.75) is 69.1 Å². The number of hydrogen-bond donors (Lipinski definition) is 6. The Morgan fingerprint density at radius 3 is 2.24 bits per heavy atom. The van der Waals surface area contributed by atoms with Gasteiger partial charge in [-0.3, -0.25) is 24.0 Å². The van der Waals surface area contributed by atoms with Crippen LogP contribution in [-0.2, 0) is 35.2 Å². The van der Waals surface area contributed by atoms with Crippen LogP contribution < -0.4 is 22.1 Å². The van der Waals surface area contributed by atoms with Crippen molar-refractivity contribution in [1.29, 1.82) is 0 Å². The second-order valence-electron chi connectivity index (χ2n) is 8.88. The maximum atomic E-state index is 13.5. The molecule has 2 rings (SSSR count). The van der Waals surface area contributed by atoms with Crippen molar-refractivity contribution < 1.29 is 39.0 Å². The number of benzene rings is 1. The molecule has 1 aliphatic heterocycles. The highest BCUT2D eigenvalue weighted by Crippen LogP contribution is 2.20. The van der Waals surface area contributed by atoms with Crippen LogP contribution in [0, 0.1) is 0 Å². The molecule has 202 valence electrons. The molecule has 1 aliphatic rings. The van der Waals surface area contributed by atoms with Crippen LogP contribution in [0.15, 0.2) is 30.3 Å². The lowest BCUT2D eigenvalue weighted by molar-refractivity contribution is -0.145. The minimum atomic E-state index is -1.36. The summed E-state index contributed by atoms with van der Waals surface area (Å²) < 4.78 is 0. The Hall–Kier alpha value is -4.00. The Bertz CT molecular complexity index is 1000. The monoisotopic (exact) mass is 519 g/mol. The molecule has 1 aromatic carbocycles. The van der Waals surface area contributed by atoms with E-state index in [-0.39, 0.29) is 45.1 Å². The van der Waals surface area contributed by atoms with Crippen LogP contribution in [0.5, 0.6) is 0 Å². The molecule has 0 radical (unpaired) electrons. The number of carbonyl (C=O) groups is 6. The lowest BCUT2D eigenvalue weighted by Crippen LogP contribution is -2.57. The topological polar surface area (TPSA) is 222 Å². The van der Waals surface area contributed by atoms with Crippen LogP contribution in [0.3, 0.4) is 0 Å². The van der Waals surface area contributed by atoms with Gasteiger partial charge in [0, 0.05) is 25.8 Å². The highest BCUT2D eigenvalue weighted by atomic mass is 16.4. The molecule has 0 saturated carbocycles. The number of aliphatic carboxylic acids is 2. The normalized spacial score (nSPS) is 17.3. The first-order valence-corrected chi connectivity index (χ1v) is 11.9. The second kappa shape index (κ2) is 13.9. The van der Waals surface area contributed by atoms with Gasteiger partial charge < -0.3 is 37.2 Å². The summed E-state index contributed by atoms with van der Waals surface area (Å²) in [7, 11) is 0. The van der Waals surface area contributed by atoms with Crippen LogP contribution >= 0.6 is 0 Å². The SMILES string of the molecule is NC(=O)CCC(NC(=O)C1CCCN1C(=O)C(Cc1ccccc1)NC(=O)C(N)CCC(=O)O)C(=O)O. The maximum absolute atomic E-state index is 13.5. The number of nitrogens with two attached hydrogens (primary N) is 2. The second-order valence-corrected chi connectivity index (χ2v) is 8.88. The zero-order valence-electron chi connectivity index (χ0n) is 20.3. The molecule has 1 heterocycles. The first-order chi connectivity index (χ1) is 17.5. The zero-order chi connectivity index (χ0) is 27.5. The molecule has 0 aliphatic carbocycles. The van der Waals surface area contributed by atoms with E-state index in [4.69, 9.17) is 16.6 Å². The van der Waals surface area contributed by atoms with Gasteiger partial charge in [0.25, 0.3) is 0 Å². The lowest BCUT2D eigenvalue weighted by Gasteiger charge is -2.30. The highest BCUT2D eigenvalue weighted by molar-refractivity contribution is 5.94. The summed E-state index contributed by atoms with van der Waals surface area (Å²) in [4.78, 5) is 73.8.